The van der Waals surface area contributed by atoms with E-state index in [0.717, 1.165) is 6.42 Å². The molecule has 1 atom stereocenters. The van der Waals surface area contributed by atoms with Gasteiger partial charge in [0, 0.05) is 5.54 Å². The second kappa shape index (κ2) is 7.24. The van der Waals surface area contributed by atoms with Gasteiger partial charge in [-0.25, -0.2) is 0 Å². The Balaban J connectivity index is 2.24. The topological polar surface area (TPSA) is 12.0 Å². The summed E-state index contributed by atoms with van der Waals surface area (Å²) >= 11 is 0. The molecule has 0 radical (unpaired) electrons. The maximum Gasteiger partial charge on any atom is 0.0490 e. The van der Waals surface area contributed by atoms with E-state index < -0.39 is 0 Å². The van der Waals surface area contributed by atoms with Crippen LogP contribution >= 0.6 is 0 Å². The fraction of sp³-hybridized carbons (Fsp3) is 0.300. The van der Waals surface area contributed by atoms with Crippen LogP contribution in [0.3, 0.4) is 0 Å². The molecular formula is C20H25N. The standard InChI is InChI=1S/C20H25N/c1-17(2)20(21-3,19-14-8-5-9-15-19)16-10-13-18-11-6-4-7-12-18/h4-15,17,21H,16H2,1-3H3. The molecule has 1 N–H and O–H groups in total. The molecule has 0 saturated carbocycles. The molecular weight excluding hydrogens is 254 g/mol. The van der Waals surface area contributed by atoms with Gasteiger partial charge in [0.1, 0.15) is 0 Å². The Morgan fingerprint density at radius 1 is 0.952 bits per heavy atom. The zero-order valence-corrected chi connectivity index (χ0v) is 13.2. The predicted octanol–water partition coefficient (Wildman–Crippen LogP) is 4.86. The Bertz CT molecular complexity index is 557. The third-order valence-electron chi connectivity index (χ3n) is 4.27. The lowest BCUT2D eigenvalue weighted by molar-refractivity contribution is 0.259. The van der Waals surface area contributed by atoms with Crippen LogP contribution in [0.15, 0.2) is 66.7 Å². The maximum absolute atomic E-state index is 3.57. The first-order chi connectivity index (χ1) is 10.2. The minimum Gasteiger partial charge on any atom is -0.310 e. The molecule has 1 heteroatoms. The Morgan fingerprint density at radius 2 is 1.52 bits per heavy atom. The van der Waals surface area contributed by atoms with E-state index in [1.54, 1.807) is 0 Å². The Morgan fingerprint density at radius 3 is 2.05 bits per heavy atom. The van der Waals surface area contributed by atoms with Gasteiger partial charge in [0.15, 0.2) is 0 Å². The average Bonchev–Trinajstić information content (AvgIpc) is 2.53. The summed E-state index contributed by atoms with van der Waals surface area (Å²) in [6, 6.07) is 21.2. The number of hydrogen-bond donors (Lipinski definition) is 1. The predicted molar refractivity (Wildman–Crippen MR) is 92.1 cm³/mol. The highest BCUT2D eigenvalue weighted by Gasteiger charge is 2.32. The third kappa shape index (κ3) is 3.62. The van der Waals surface area contributed by atoms with Crippen molar-refractivity contribution in [3.63, 3.8) is 0 Å². The number of hydrogen-bond acceptors (Lipinski definition) is 1. The Kier molecular flexibility index (Phi) is 5.35. The first-order valence-electron chi connectivity index (χ1n) is 7.65. The average molecular weight is 279 g/mol. The second-order valence-corrected chi connectivity index (χ2v) is 5.76. The molecule has 110 valence electrons. The second-order valence-electron chi connectivity index (χ2n) is 5.76. The summed E-state index contributed by atoms with van der Waals surface area (Å²) in [7, 11) is 2.06. The van der Waals surface area contributed by atoms with Crippen LogP contribution in [0, 0.1) is 5.92 Å². The van der Waals surface area contributed by atoms with Gasteiger partial charge in [-0.2, -0.15) is 0 Å². The molecule has 0 aliphatic heterocycles. The van der Waals surface area contributed by atoms with Crippen LogP contribution in [0.4, 0.5) is 0 Å². The number of rotatable bonds is 6. The zero-order valence-electron chi connectivity index (χ0n) is 13.2. The van der Waals surface area contributed by atoms with Crippen molar-refractivity contribution in [2.24, 2.45) is 5.92 Å². The quantitative estimate of drug-likeness (QED) is 0.796. The number of nitrogens with one attached hydrogen (secondary N) is 1. The van der Waals surface area contributed by atoms with Gasteiger partial charge in [-0.1, -0.05) is 86.7 Å². The summed E-state index contributed by atoms with van der Waals surface area (Å²) in [5.41, 5.74) is 2.58. The smallest absolute Gasteiger partial charge is 0.0490 e. The fourth-order valence-corrected chi connectivity index (χ4v) is 2.90. The van der Waals surface area contributed by atoms with Crippen LogP contribution in [0.25, 0.3) is 6.08 Å². The lowest BCUT2D eigenvalue weighted by Crippen LogP contribution is -2.44. The van der Waals surface area contributed by atoms with Crippen LogP contribution in [0.2, 0.25) is 0 Å². The third-order valence-corrected chi connectivity index (χ3v) is 4.27. The minimum absolute atomic E-state index is 0.0213. The molecule has 0 saturated heterocycles. The summed E-state index contributed by atoms with van der Waals surface area (Å²) in [5, 5.41) is 3.57. The van der Waals surface area contributed by atoms with Crippen LogP contribution in [0.5, 0.6) is 0 Å². The van der Waals surface area contributed by atoms with Crippen molar-refractivity contribution in [3.8, 4) is 0 Å². The molecule has 2 aromatic carbocycles. The lowest BCUT2D eigenvalue weighted by Gasteiger charge is -2.37. The molecule has 2 rings (SSSR count). The number of benzene rings is 2. The Hall–Kier alpha value is -1.86. The van der Waals surface area contributed by atoms with E-state index in [4.69, 9.17) is 0 Å². The van der Waals surface area contributed by atoms with Crippen LogP contribution in [-0.4, -0.2) is 7.05 Å². The molecule has 21 heavy (non-hydrogen) atoms. The van der Waals surface area contributed by atoms with Gasteiger partial charge in [-0.3, -0.25) is 0 Å². The van der Waals surface area contributed by atoms with Crippen molar-refractivity contribution in [2.75, 3.05) is 7.05 Å². The largest absolute Gasteiger partial charge is 0.310 e. The van der Waals surface area contributed by atoms with Crippen molar-refractivity contribution >= 4 is 6.08 Å². The van der Waals surface area contributed by atoms with E-state index in [-0.39, 0.29) is 5.54 Å². The first kappa shape index (κ1) is 15.5. The monoisotopic (exact) mass is 279 g/mol. The molecule has 1 unspecified atom stereocenters. The molecule has 0 aliphatic carbocycles. The molecule has 0 spiro atoms. The van der Waals surface area contributed by atoms with E-state index in [2.05, 4.69) is 93.0 Å². The van der Waals surface area contributed by atoms with Crippen molar-refractivity contribution in [1.29, 1.82) is 0 Å². The lowest BCUT2D eigenvalue weighted by atomic mass is 9.77. The summed E-state index contributed by atoms with van der Waals surface area (Å²) in [6.45, 7) is 4.56. The van der Waals surface area contributed by atoms with Gasteiger partial charge >= 0.3 is 0 Å². The van der Waals surface area contributed by atoms with Gasteiger partial charge in [0.2, 0.25) is 0 Å². The molecule has 0 fully saturated rings. The summed E-state index contributed by atoms with van der Waals surface area (Å²) in [4.78, 5) is 0. The van der Waals surface area contributed by atoms with Crippen LogP contribution < -0.4 is 5.32 Å². The molecule has 1 nitrogen and oxygen atoms in total. The van der Waals surface area contributed by atoms with E-state index >= 15 is 0 Å². The van der Waals surface area contributed by atoms with Crippen LogP contribution in [0.1, 0.15) is 31.4 Å². The summed E-state index contributed by atoms with van der Waals surface area (Å²) in [5.74, 6) is 0.505. The molecule has 0 heterocycles. The van der Waals surface area contributed by atoms with Gasteiger partial charge < -0.3 is 5.32 Å². The molecule has 0 amide bonds. The molecule has 0 bridgehead atoms. The van der Waals surface area contributed by atoms with Crippen molar-refractivity contribution in [1.82, 2.24) is 5.32 Å². The molecule has 2 aromatic rings. The maximum atomic E-state index is 3.57. The van der Waals surface area contributed by atoms with E-state index in [9.17, 15) is 0 Å². The Labute approximate surface area is 128 Å². The van der Waals surface area contributed by atoms with Gasteiger partial charge in [0.25, 0.3) is 0 Å². The van der Waals surface area contributed by atoms with Gasteiger partial charge in [-0.15, -0.1) is 0 Å². The molecule has 0 aromatic heterocycles. The van der Waals surface area contributed by atoms with Crippen molar-refractivity contribution in [3.05, 3.63) is 77.9 Å². The van der Waals surface area contributed by atoms with Crippen molar-refractivity contribution < 1.29 is 0 Å². The first-order valence-corrected chi connectivity index (χ1v) is 7.65. The highest BCUT2D eigenvalue weighted by atomic mass is 14.9. The SMILES string of the molecule is CNC(CC=Cc1ccccc1)(c1ccccc1)C(C)C. The zero-order chi connectivity index (χ0) is 15.1. The van der Waals surface area contributed by atoms with E-state index in [1.165, 1.54) is 11.1 Å². The molecule has 0 aliphatic rings. The van der Waals surface area contributed by atoms with Crippen LogP contribution in [-0.2, 0) is 5.54 Å². The van der Waals surface area contributed by atoms with Crippen molar-refractivity contribution in [2.45, 2.75) is 25.8 Å². The van der Waals surface area contributed by atoms with Gasteiger partial charge in [-0.05, 0) is 30.5 Å². The highest BCUT2D eigenvalue weighted by Crippen LogP contribution is 2.33. The summed E-state index contributed by atoms with van der Waals surface area (Å²) < 4.78 is 0. The fourth-order valence-electron chi connectivity index (χ4n) is 2.90. The van der Waals surface area contributed by atoms with E-state index in [0.29, 0.717) is 5.92 Å². The normalized spacial score (nSPS) is 14.5. The minimum atomic E-state index is -0.0213. The summed E-state index contributed by atoms with van der Waals surface area (Å²) in [6.07, 6.45) is 5.45. The highest BCUT2D eigenvalue weighted by molar-refractivity contribution is 5.49. The van der Waals surface area contributed by atoms with E-state index in [1.807, 2.05) is 6.07 Å². The van der Waals surface area contributed by atoms with Gasteiger partial charge in [0.05, 0.1) is 0 Å².